The van der Waals surface area contributed by atoms with Crippen molar-refractivity contribution in [3.05, 3.63) is 16.5 Å². The van der Waals surface area contributed by atoms with Crippen molar-refractivity contribution in [2.75, 3.05) is 19.3 Å². The number of nitrogens with zero attached hydrogens (tertiary/aromatic N) is 2. The van der Waals surface area contributed by atoms with Gasteiger partial charge in [0.25, 0.3) is 0 Å². The van der Waals surface area contributed by atoms with Crippen molar-refractivity contribution in [2.45, 2.75) is 12.8 Å². The lowest BCUT2D eigenvalue weighted by molar-refractivity contribution is 0.713. The van der Waals surface area contributed by atoms with Crippen LogP contribution in [0, 0.1) is 0 Å². The van der Waals surface area contributed by atoms with Gasteiger partial charge in [0.05, 0.1) is 11.9 Å². The van der Waals surface area contributed by atoms with Crippen LogP contribution in [0.3, 0.4) is 0 Å². The van der Waals surface area contributed by atoms with Gasteiger partial charge in [-0.05, 0) is 42.4 Å². The predicted molar refractivity (Wildman–Crippen MR) is 56.4 cm³/mol. The third kappa shape index (κ3) is 3.28. The molecule has 0 radical (unpaired) electrons. The molecular weight excluding hydrogens is 232 g/mol. The number of rotatable bonds is 4. The molecule has 4 nitrogen and oxygen atoms in total. The van der Waals surface area contributed by atoms with Crippen LogP contribution in [0.5, 0.6) is 0 Å². The van der Waals surface area contributed by atoms with Crippen molar-refractivity contribution >= 4 is 21.7 Å². The van der Waals surface area contributed by atoms with Crippen molar-refractivity contribution in [2.24, 2.45) is 0 Å². The van der Waals surface area contributed by atoms with Crippen LogP contribution < -0.4 is 11.1 Å². The molecule has 0 saturated heterocycles. The van der Waals surface area contributed by atoms with Gasteiger partial charge in [0, 0.05) is 0 Å². The topological polar surface area (TPSA) is 63.8 Å². The number of hydrogen-bond acceptors (Lipinski definition) is 4. The second kappa shape index (κ2) is 5.14. The van der Waals surface area contributed by atoms with Crippen LogP contribution >= 0.6 is 15.9 Å². The van der Waals surface area contributed by atoms with Crippen molar-refractivity contribution in [3.8, 4) is 0 Å². The fourth-order valence-corrected chi connectivity index (χ4v) is 1.35. The van der Waals surface area contributed by atoms with E-state index in [1.807, 2.05) is 7.05 Å². The molecule has 0 aromatic carbocycles. The molecular formula is C8H13BrN4. The van der Waals surface area contributed by atoms with E-state index in [9.17, 15) is 0 Å². The number of anilines is 1. The van der Waals surface area contributed by atoms with Crippen LogP contribution in [0.15, 0.2) is 10.8 Å². The molecule has 1 rings (SSSR count). The molecule has 72 valence electrons. The van der Waals surface area contributed by atoms with E-state index >= 15 is 0 Å². The molecule has 0 spiro atoms. The SMILES string of the molecule is CNCCCc1nc(Br)cnc1N. The summed E-state index contributed by atoms with van der Waals surface area (Å²) < 4.78 is 0.737. The first kappa shape index (κ1) is 10.4. The van der Waals surface area contributed by atoms with E-state index in [-0.39, 0.29) is 0 Å². The highest BCUT2D eigenvalue weighted by Gasteiger charge is 2.02. The van der Waals surface area contributed by atoms with Gasteiger partial charge in [0.1, 0.15) is 10.4 Å². The van der Waals surface area contributed by atoms with Crippen molar-refractivity contribution in [3.63, 3.8) is 0 Å². The number of halogens is 1. The second-order valence-electron chi connectivity index (χ2n) is 2.73. The molecule has 0 atom stereocenters. The Morgan fingerprint density at radius 3 is 3.08 bits per heavy atom. The van der Waals surface area contributed by atoms with Gasteiger partial charge < -0.3 is 11.1 Å². The second-order valence-corrected chi connectivity index (χ2v) is 3.54. The maximum atomic E-state index is 5.66. The highest BCUT2D eigenvalue weighted by Crippen LogP contribution is 2.11. The van der Waals surface area contributed by atoms with Gasteiger partial charge in [-0.3, -0.25) is 0 Å². The summed E-state index contributed by atoms with van der Waals surface area (Å²) in [6, 6.07) is 0. The predicted octanol–water partition coefficient (Wildman–Crippen LogP) is 0.973. The van der Waals surface area contributed by atoms with E-state index in [1.54, 1.807) is 6.20 Å². The molecule has 5 heteroatoms. The van der Waals surface area contributed by atoms with Gasteiger partial charge in [-0.15, -0.1) is 0 Å². The molecule has 0 bridgehead atoms. The molecule has 1 heterocycles. The van der Waals surface area contributed by atoms with Crippen LogP contribution in [0.2, 0.25) is 0 Å². The van der Waals surface area contributed by atoms with Gasteiger partial charge in [0.15, 0.2) is 0 Å². The first-order chi connectivity index (χ1) is 6.24. The summed E-state index contributed by atoms with van der Waals surface area (Å²) in [6.45, 7) is 0.966. The molecule has 1 aromatic heterocycles. The molecule has 0 aliphatic heterocycles. The number of aromatic nitrogens is 2. The summed E-state index contributed by atoms with van der Waals surface area (Å²) in [6.07, 6.45) is 3.49. The molecule has 0 aliphatic rings. The van der Waals surface area contributed by atoms with Gasteiger partial charge in [-0.25, -0.2) is 9.97 Å². The fraction of sp³-hybridized carbons (Fsp3) is 0.500. The first-order valence-corrected chi connectivity index (χ1v) is 4.95. The summed E-state index contributed by atoms with van der Waals surface area (Å²) in [5.41, 5.74) is 6.52. The van der Waals surface area contributed by atoms with Crippen molar-refractivity contribution < 1.29 is 0 Å². The van der Waals surface area contributed by atoms with E-state index in [4.69, 9.17) is 5.73 Å². The van der Waals surface area contributed by atoms with Crippen LogP contribution in [0.1, 0.15) is 12.1 Å². The van der Waals surface area contributed by atoms with Crippen LogP contribution in [-0.2, 0) is 6.42 Å². The summed E-state index contributed by atoms with van der Waals surface area (Å²) in [5.74, 6) is 0.527. The average molecular weight is 245 g/mol. The molecule has 0 amide bonds. The zero-order valence-corrected chi connectivity index (χ0v) is 9.13. The van der Waals surface area contributed by atoms with E-state index < -0.39 is 0 Å². The Hall–Kier alpha value is -0.680. The fourth-order valence-electron chi connectivity index (χ4n) is 1.03. The smallest absolute Gasteiger partial charge is 0.145 e. The normalized spacial score (nSPS) is 10.3. The molecule has 13 heavy (non-hydrogen) atoms. The summed E-state index contributed by atoms with van der Waals surface area (Å²) in [7, 11) is 1.93. The third-order valence-electron chi connectivity index (χ3n) is 1.69. The molecule has 3 N–H and O–H groups in total. The average Bonchev–Trinajstić information content (AvgIpc) is 2.11. The molecule has 0 fully saturated rings. The number of nitrogen functional groups attached to an aromatic ring is 1. The quantitative estimate of drug-likeness (QED) is 0.776. The Bertz CT molecular complexity index is 277. The highest BCUT2D eigenvalue weighted by atomic mass is 79.9. The molecule has 0 unspecified atom stereocenters. The van der Waals surface area contributed by atoms with Crippen LogP contribution in [0.4, 0.5) is 5.82 Å². The first-order valence-electron chi connectivity index (χ1n) is 4.15. The van der Waals surface area contributed by atoms with Crippen molar-refractivity contribution in [1.29, 1.82) is 0 Å². The monoisotopic (exact) mass is 244 g/mol. The lowest BCUT2D eigenvalue weighted by Gasteiger charge is -2.03. The molecule has 1 aromatic rings. The minimum absolute atomic E-state index is 0.527. The Morgan fingerprint density at radius 1 is 1.62 bits per heavy atom. The van der Waals surface area contributed by atoms with E-state index in [0.717, 1.165) is 29.7 Å². The Kier molecular flexibility index (Phi) is 4.11. The number of nitrogens with one attached hydrogen (secondary N) is 1. The maximum absolute atomic E-state index is 5.66. The number of nitrogens with two attached hydrogens (primary N) is 1. The van der Waals surface area contributed by atoms with Gasteiger partial charge in [-0.2, -0.15) is 0 Å². The minimum atomic E-state index is 0.527. The number of aryl methyl sites for hydroxylation is 1. The summed E-state index contributed by atoms with van der Waals surface area (Å²) in [4.78, 5) is 8.25. The van der Waals surface area contributed by atoms with Gasteiger partial charge >= 0.3 is 0 Å². The zero-order chi connectivity index (χ0) is 9.68. The maximum Gasteiger partial charge on any atom is 0.145 e. The number of hydrogen-bond donors (Lipinski definition) is 2. The third-order valence-corrected chi connectivity index (χ3v) is 2.07. The Morgan fingerprint density at radius 2 is 2.38 bits per heavy atom. The molecule has 0 aliphatic carbocycles. The lowest BCUT2D eigenvalue weighted by atomic mass is 10.2. The summed E-state index contributed by atoms with van der Waals surface area (Å²) in [5, 5.41) is 3.07. The standard InChI is InChI=1S/C8H13BrN4/c1-11-4-2-3-6-8(10)12-5-7(9)13-6/h5,11H,2-4H2,1H3,(H2,10,12). The van der Waals surface area contributed by atoms with Crippen LogP contribution in [-0.4, -0.2) is 23.6 Å². The van der Waals surface area contributed by atoms with E-state index in [1.165, 1.54) is 0 Å². The van der Waals surface area contributed by atoms with E-state index in [0.29, 0.717) is 5.82 Å². The zero-order valence-electron chi connectivity index (χ0n) is 7.55. The Labute approximate surface area is 86.1 Å². The summed E-state index contributed by atoms with van der Waals surface area (Å²) >= 11 is 3.26. The van der Waals surface area contributed by atoms with Gasteiger partial charge in [-0.1, -0.05) is 0 Å². The van der Waals surface area contributed by atoms with E-state index in [2.05, 4.69) is 31.2 Å². The largest absolute Gasteiger partial charge is 0.382 e. The minimum Gasteiger partial charge on any atom is -0.382 e. The molecule has 0 saturated carbocycles. The van der Waals surface area contributed by atoms with Crippen molar-refractivity contribution in [1.82, 2.24) is 15.3 Å². The highest BCUT2D eigenvalue weighted by molar-refractivity contribution is 9.10. The lowest BCUT2D eigenvalue weighted by Crippen LogP contribution is -2.10. The van der Waals surface area contributed by atoms with Gasteiger partial charge in [0.2, 0.25) is 0 Å². The van der Waals surface area contributed by atoms with Crippen LogP contribution in [0.25, 0.3) is 0 Å². The Balaban J connectivity index is 2.59.